The van der Waals surface area contributed by atoms with E-state index in [1.165, 1.54) is 12.0 Å². The fraction of sp³-hybridized carbons (Fsp3) is 0.500. The van der Waals surface area contributed by atoms with E-state index in [9.17, 15) is 4.79 Å². The summed E-state index contributed by atoms with van der Waals surface area (Å²) in [6.07, 6.45) is 8.38. The Morgan fingerprint density at radius 3 is 2.13 bits per heavy atom. The second kappa shape index (κ2) is 13.3. The first-order chi connectivity index (χ1) is 14.8. The van der Waals surface area contributed by atoms with Crippen LogP contribution < -0.4 is 0 Å². The first-order valence-electron chi connectivity index (χ1n) is 11.3. The minimum atomic E-state index is -0.275. The first kappa shape index (κ1) is 22.7. The minimum Gasteiger partial charge on any atom is -0.371 e. The van der Waals surface area contributed by atoms with Crippen molar-refractivity contribution in [1.29, 1.82) is 0 Å². The van der Waals surface area contributed by atoms with Crippen LogP contribution in [0.1, 0.15) is 62.5 Å². The molecule has 0 radical (unpaired) electrons. The number of aldehydes is 1. The fourth-order valence-electron chi connectivity index (χ4n) is 3.87. The molecule has 0 heterocycles. The summed E-state index contributed by atoms with van der Waals surface area (Å²) in [5, 5.41) is 0. The van der Waals surface area contributed by atoms with Gasteiger partial charge in [-0.1, -0.05) is 73.5 Å². The van der Waals surface area contributed by atoms with Crippen molar-refractivity contribution in [2.24, 2.45) is 0 Å². The zero-order valence-corrected chi connectivity index (χ0v) is 17.8. The Labute approximate surface area is 180 Å². The van der Waals surface area contributed by atoms with Crippen LogP contribution in [0, 0.1) is 0 Å². The third-order valence-corrected chi connectivity index (χ3v) is 5.57. The summed E-state index contributed by atoms with van der Waals surface area (Å²) in [6, 6.07) is 20.5. The maximum absolute atomic E-state index is 10.6. The molecule has 1 aliphatic carbocycles. The van der Waals surface area contributed by atoms with Gasteiger partial charge in [-0.25, -0.2) is 0 Å². The van der Waals surface area contributed by atoms with Gasteiger partial charge in [-0.05, 0) is 43.2 Å². The number of ether oxygens (including phenoxy) is 3. The summed E-state index contributed by atoms with van der Waals surface area (Å²) in [6.45, 7) is 1.14. The average Bonchev–Trinajstić information content (AvgIpc) is 2.81. The van der Waals surface area contributed by atoms with Gasteiger partial charge in [0.25, 0.3) is 0 Å². The zero-order valence-electron chi connectivity index (χ0n) is 17.8. The van der Waals surface area contributed by atoms with Crippen LogP contribution in [0.3, 0.4) is 0 Å². The molecule has 162 valence electrons. The number of unbranched alkanes of at least 4 members (excludes halogenated alkanes) is 2. The monoisotopic (exact) mass is 410 g/mol. The Morgan fingerprint density at radius 2 is 1.47 bits per heavy atom. The van der Waals surface area contributed by atoms with Gasteiger partial charge in [0, 0.05) is 6.42 Å². The molecule has 0 bridgehead atoms. The highest BCUT2D eigenvalue weighted by molar-refractivity contribution is 5.48. The number of benzene rings is 2. The number of hydrogen-bond donors (Lipinski definition) is 0. The highest BCUT2D eigenvalue weighted by atomic mass is 16.7. The summed E-state index contributed by atoms with van der Waals surface area (Å²) >= 11 is 0. The van der Waals surface area contributed by atoms with E-state index in [4.69, 9.17) is 14.2 Å². The zero-order chi connectivity index (χ0) is 20.9. The third-order valence-electron chi connectivity index (χ3n) is 5.57. The van der Waals surface area contributed by atoms with Crippen LogP contribution in [-0.2, 0) is 32.2 Å². The molecule has 2 aromatic rings. The van der Waals surface area contributed by atoms with Crippen LogP contribution in [0.2, 0.25) is 0 Å². The smallest absolute Gasteiger partial charge is 0.158 e. The largest absolute Gasteiger partial charge is 0.371 e. The summed E-state index contributed by atoms with van der Waals surface area (Å²) in [7, 11) is 0. The van der Waals surface area contributed by atoms with Crippen molar-refractivity contribution in [3.63, 3.8) is 0 Å². The molecular weight excluding hydrogens is 376 g/mol. The van der Waals surface area contributed by atoms with Crippen LogP contribution >= 0.6 is 0 Å². The molecular formula is C26H34O4. The third kappa shape index (κ3) is 8.02. The molecule has 2 aromatic carbocycles. The van der Waals surface area contributed by atoms with E-state index in [1.54, 1.807) is 0 Å². The van der Waals surface area contributed by atoms with Crippen LogP contribution in [0.4, 0.5) is 0 Å². The lowest BCUT2D eigenvalue weighted by molar-refractivity contribution is -0.215. The molecule has 0 spiro atoms. The number of rotatable bonds is 13. The molecule has 1 saturated carbocycles. The summed E-state index contributed by atoms with van der Waals surface area (Å²) in [5.74, 6) is 0. The van der Waals surface area contributed by atoms with Crippen LogP contribution in [0.5, 0.6) is 0 Å². The van der Waals surface area contributed by atoms with Gasteiger partial charge in [-0.3, -0.25) is 0 Å². The Balaban J connectivity index is 1.55. The summed E-state index contributed by atoms with van der Waals surface area (Å²) in [5.41, 5.74) is 2.33. The molecule has 4 heteroatoms. The lowest BCUT2D eigenvalue weighted by Crippen LogP contribution is -2.38. The Hall–Kier alpha value is -2.01. The SMILES string of the molecule is O=CCCCCC(OCc1ccccc1)O[C@@H]1CCCC[C@H]1OCc1ccccc1. The second-order valence-electron chi connectivity index (χ2n) is 7.97. The van der Waals surface area contributed by atoms with Crippen molar-refractivity contribution in [3.8, 4) is 0 Å². The average molecular weight is 411 g/mol. The van der Waals surface area contributed by atoms with E-state index in [0.29, 0.717) is 19.6 Å². The molecule has 1 aliphatic rings. The second-order valence-corrected chi connectivity index (χ2v) is 7.97. The van der Waals surface area contributed by atoms with Gasteiger partial charge in [0.2, 0.25) is 0 Å². The van der Waals surface area contributed by atoms with Crippen LogP contribution in [0.25, 0.3) is 0 Å². The van der Waals surface area contributed by atoms with Crippen molar-refractivity contribution in [2.75, 3.05) is 0 Å². The number of hydrogen-bond acceptors (Lipinski definition) is 4. The predicted molar refractivity (Wildman–Crippen MR) is 118 cm³/mol. The highest BCUT2D eigenvalue weighted by Crippen LogP contribution is 2.27. The van der Waals surface area contributed by atoms with E-state index >= 15 is 0 Å². The lowest BCUT2D eigenvalue weighted by Gasteiger charge is -2.34. The number of carbonyl (C=O) groups is 1. The van der Waals surface area contributed by atoms with E-state index in [-0.39, 0.29) is 18.5 Å². The molecule has 30 heavy (non-hydrogen) atoms. The van der Waals surface area contributed by atoms with Crippen molar-refractivity contribution in [3.05, 3.63) is 71.8 Å². The van der Waals surface area contributed by atoms with Crippen molar-refractivity contribution in [2.45, 2.75) is 83.1 Å². The molecule has 4 nitrogen and oxygen atoms in total. The fourth-order valence-corrected chi connectivity index (χ4v) is 3.87. The van der Waals surface area contributed by atoms with Gasteiger partial charge in [0.15, 0.2) is 6.29 Å². The highest BCUT2D eigenvalue weighted by Gasteiger charge is 2.29. The van der Waals surface area contributed by atoms with Gasteiger partial charge in [0.1, 0.15) is 6.29 Å². The molecule has 1 fully saturated rings. The Bertz CT molecular complexity index is 703. The van der Waals surface area contributed by atoms with Crippen molar-refractivity contribution >= 4 is 6.29 Å². The van der Waals surface area contributed by atoms with Gasteiger partial charge in [0.05, 0.1) is 25.4 Å². The predicted octanol–water partition coefficient (Wildman–Crippen LogP) is 5.83. The maximum atomic E-state index is 10.6. The normalized spacial score (nSPS) is 20.0. The number of carbonyl (C=O) groups excluding carboxylic acids is 1. The van der Waals surface area contributed by atoms with E-state index in [1.807, 2.05) is 36.4 Å². The first-order valence-corrected chi connectivity index (χ1v) is 11.3. The molecule has 0 saturated heterocycles. The molecule has 3 rings (SSSR count). The standard InChI is InChI=1S/C26H34O4/c27-19-11-3-8-18-26(29-21-23-14-6-2-7-15-23)30-25-17-10-9-16-24(25)28-20-22-12-4-1-5-13-22/h1-2,4-7,12-15,19,24-26H,3,8-11,16-18,20-21H2/t24-,25-,26?/m1/s1. The van der Waals surface area contributed by atoms with E-state index in [0.717, 1.165) is 50.4 Å². The van der Waals surface area contributed by atoms with Crippen LogP contribution in [-0.4, -0.2) is 24.8 Å². The topological polar surface area (TPSA) is 44.8 Å². The van der Waals surface area contributed by atoms with E-state index in [2.05, 4.69) is 24.3 Å². The van der Waals surface area contributed by atoms with E-state index < -0.39 is 0 Å². The summed E-state index contributed by atoms with van der Waals surface area (Å²) in [4.78, 5) is 10.6. The molecule has 0 N–H and O–H groups in total. The van der Waals surface area contributed by atoms with Crippen molar-refractivity contribution in [1.82, 2.24) is 0 Å². The molecule has 0 amide bonds. The Morgan fingerprint density at radius 1 is 0.833 bits per heavy atom. The van der Waals surface area contributed by atoms with Crippen LogP contribution in [0.15, 0.2) is 60.7 Å². The van der Waals surface area contributed by atoms with Gasteiger partial charge >= 0.3 is 0 Å². The minimum absolute atomic E-state index is 0.0503. The van der Waals surface area contributed by atoms with Gasteiger partial charge in [-0.2, -0.15) is 0 Å². The quantitative estimate of drug-likeness (QED) is 0.237. The molecule has 3 atom stereocenters. The lowest BCUT2D eigenvalue weighted by atomic mass is 9.94. The maximum Gasteiger partial charge on any atom is 0.158 e. The van der Waals surface area contributed by atoms with Crippen molar-refractivity contribution < 1.29 is 19.0 Å². The molecule has 0 aromatic heterocycles. The summed E-state index contributed by atoms with van der Waals surface area (Å²) < 4.78 is 18.9. The molecule has 1 unspecified atom stereocenters. The Kier molecular flexibility index (Phi) is 10.1. The molecule has 0 aliphatic heterocycles. The van der Waals surface area contributed by atoms with Gasteiger partial charge < -0.3 is 19.0 Å². The van der Waals surface area contributed by atoms with Gasteiger partial charge in [-0.15, -0.1) is 0 Å².